The normalized spacial score (nSPS) is 12.1. The smallest absolute Gasteiger partial charge is 0.244 e. The molecule has 22 heavy (non-hydrogen) atoms. The fourth-order valence-electron chi connectivity index (χ4n) is 2.44. The first-order valence-electron chi connectivity index (χ1n) is 6.92. The molecule has 0 amide bonds. The van der Waals surface area contributed by atoms with Gasteiger partial charge in [0.15, 0.2) is 0 Å². The van der Waals surface area contributed by atoms with E-state index in [9.17, 15) is 8.42 Å². The summed E-state index contributed by atoms with van der Waals surface area (Å²) in [6, 6.07) is 7.70. The lowest BCUT2D eigenvalue weighted by Gasteiger charge is -2.05. The van der Waals surface area contributed by atoms with Crippen molar-refractivity contribution in [1.29, 1.82) is 0 Å². The van der Waals surface area contributed by atoms with Crippen LogP contribution in [0.25, 0.3) is 11.0 Å². The summed E-state index contributed by atoms with van der Waals surface area (Å²) in [4.78, 5) is 7.82. The number of hydrogen-bond acceptors (Lipinski definition) is 4. The van der Waals surface area contributed by atoms with Crippen LogP contribution >= 0.6 is 0 Å². The number of nitrogens with one attached hydrogen (secondary N) is 3. The Balaban J connectivity index is 1.70. The maximum atomic E-state index is 12.3. The zero-order chi connectivity index (χ0) is 15.7. The first-order chi connectivity index (χ1) is 10.5. The van der Waals surface area contributed by atoms with Crippen molar-refractivity contribution in [2.75, 3.05) is 6.54 Å². The van der Waals surface area contributed by atoms with Crippen LogP contribution in [0, 0.1) is 13.8 Å². The van der Waals surface area contributed by atoms with Gasteiger partial charge in [-0.05, 0) is 26.0 Å². The van der Waals surface area contributed by atoms with Gasteiger partial charge in [-0.2, -0.15) is 5.10 Å². The number of fused-ring (bicyclic) bond motifs is 1. The lowest BCUT2D eigenvalue weighted by Crippen LogP contribution is -2.27. The number of aromatic nitrogens is 4. The van der Waals surface area contributed by atoms with E-state index >= 15 is 0 Å². The van der Waals surface area contributed by atoms with Crippen LogP contribution in [-0.2, 0) is 16.4 Å². The molecule has 7 nitrogen and oxygen atoms in total. The van der Waals surface area contributed by atoms with Crippen molar-refractivity contribution in [2.45, 2.75) is 25.2 Å². The predicted octanol–water partition coefficient (Wildman–Crippen LogP) is 1.42. The summed E-state index contributed by atoms with van der Waals surface area (Å²) < 4.78 is 27.2. The highest BCUT2D eigenvalue weighted by atomic mass is 32.2. The topological polar surface area (TPSA) is 104 Å². The highest BCUT2D eigenvalue weighted by Gasteiger charge is 2.21. The highest BCUT2D eigenvalue weighted by Crippen LogP contribution is 2.16. The number of para-hydroxylation sites is 2. The zero-order valence-corrected chi connectivity index (χ0v) is 13.2. The van der Waals surface area contributed by atoms with Gasteiger partial charge in [-0.1, -0.05) is 12.1 Å². The van der Waals surface area contributed by atoms with E-state index in [0.717, 1.165) is 16.9 Å². The minimum Gasteiger partial charge on any atom is -0.342 e. The monoisotopic (exact) mass is 319 g/mol. The minimum absolute atomic E-state index is 0.220. The molecule has 0 spiro atoms. The molecule has 8 heteroatoms. The molecule has 0 aliphatic rings. The third-order valence-electron chi connectivity index (χ3n) is 3.42. The SMILES string of the molecule is Cc1n[nH]c(C)c1S(=O)(=O)NCCc1nc2ccccc2[nH]1. The molecule has 2 heterocycles. The third-order valence-corrected chi connectivity index (χ3v) is 5.14. The van der Waals surface area contributed by atoms with Crippen LogP contribution in [0.2, 0.25) is 0 Å². The summed E-state index contributed by atoms with van der Waals surface area (Å²) in [6.45, 7) is 3.62. The van der Waals surface area contributed by atoms with Crippen molar-refractivity contribution in [2.24, 2.45) is 0 Å². The Morgan fingerprint density at radius 2 is 2.00 bits per heavy atom. The van der Waals surface area contributed by atoms with Gasteiger partial charge in [0.2, 0.25) is 10.0 Å². The van der Waals surface area contributed by atoms with Crippen LogP contribution in [0.3, 0.4) is 0 Å². The first-order valence-corrected chi connectivity index (χ1v) is 8.40. The number of imidazole rings is 1. The second kappa shape index (κ2) is 5.54. The van der Waals surface area contributed by atoms with Crippen LogP contribution < -0.4 is 4.72 Å². The number of benzene rings is 1. The molecule has 0 aliphatic heterocycles. The Morgan fingerprint density at radius 3 is 2.68 bits per heavy atom. The Hall–Kier alpha value is -2.19. The molecule has 116 valence electrons. The van der Waals surface area contributed by atoms with Gasteiger partial charge in [0.25, 0.3) is 0 Å². The van der Waals surface area contributed by atoms with Crippen LogP contribution in [0.15, 0.2) is 29.2 Å². The van der Waals surface area contributed by atoms with Gasteiger partial charge in [0.05, 0.1) is 22.4 Å². The lowest BCUT2D eigenvalue weighted by atomic mass is 10.3. The van der Waals surface area contributed by atoms with Gasteiger partial charge < -0.3 is 4.98 Å². The molecular weight excluding hydrogens is 302 g/mol. The van der Waals surface area contributed by atoms with E-state index in [-0.39, 0.29) is 11.4 Å². The number of H-pyrrole nitrogens is 2. The number of nitrogens with zero attached hydrogens (tertiary/aromatic N) is 2. The molecule has 0 fully saturated rings. The number of hydrogen-bond donors (Lipinski definition) is 3. The quantitative estimate of drug-likeness (QED) is 0.661. The number of aromatic amines is 2. The Kier molecular flexibility index (Phi) is 3.71. The average Bonchev–Trinajstić information content (AvgIpc) is 3.01. The molecule has 0 atom stereocenters. The molecule has 1 aromatic carbocycles. The van der Waals surface area contributed by atoms with E-state index in [1.165, 1.54) is 0 Å². The van der Waals surface area contributed by atoms with E-state index in [1.807, 2.05) is 24.3 Å². The number of sulfonamides is 1. The molecule has 2 aromatic heterocycles. The van der Waals surface area contributed by atoms with E-state index in [0.29, 0.717) is 17.8 Å². The fraction of sp³-hybridized carbons (Fsp3) is 0.286. The molecule has 0 bridgehead atoms. The molecule has 0 saturated heterocycles. The van der Waals surface area contributed by atoms with Crippen LogP contribution in [-0.4, -0.2) is 35.1 Å². The summed E-state index contributed by atoms with van der Waals surface area (Å²) in [5.74, 6) is 0.754. The van der Waals surface area contributed by atoms with Crippen LogP contribution in [0.4, 0.5) is 0 Å². The van der Waals surface area contributed by atoms with Crippen molar-refractivity contribution >= 4 is 21.1 Å². The largest absolute Gasteiger partial charge is 0.342 e. The maximum absolute atomic E-state index is 12.3. The van der Waals surface area contributed by atoms with Crippen LogP contribution in [0.5, 0.6) is 0 Å². The molecule has 3 N–H and O–H groups in total. The summed E-state index contributed by atoms with van der Waals surface area (Å²) in [7, 11) is -3.56. The molecule has 0 aliphatic carbocycles. The van der Waals surface area contributed by atoms with E-state index in [4.69, 9.17) is 0 Å². The first kappa shape index (κ1) is 14.7. The van der Waals surface area contributed by atoms with Gasteiger partial charge in [-0.3, -0.25) is 5.10 Å². The molecule has 3 rings (SSSR count). The van der Waals surface area contributed by atoms with Gasteiger partial charge in [-0.15, -0.1) is 0 Å². The third kappa shape index (κ3) is 2.75. The Morgan fingerprint density at radius 1 is 1.23 bits per heavy atom. The summed E-state index contributed by atoms with van der Waals surface area (Å²) >= 11 is 0. The lowest BCUT2D eigenvalue weighted by molar-refractivity contribution is 0.580. The van der Waals surface area contributed by atoms with Crippen LogP contribution in [0.1, 0.15) is 17.2 Å². The van der Waals surface area contributed by atoms with E-state index in [2.05, 4.69) is 24.9 Å². The molecule has 3 aromatic rings. The van der Waals surface area contributed by atoms with E-state index in [1.54, 1.807) is 13.8 Å². The van der Waals surface area contributed by atoms with Crippen molar-refractivity contribution in [3.8, 4) is 0 Å². The zero-order valence-electron chi connectivity index (χ0n) is 12.3. The Bertz CT molecular complexity index is 858. The fourth-order valence-corrected chi connectivity index (χ4v) is 3.84. The number of rotatable bonds is 5. The number of aryl methyl sites for hydroxylation is 2. The molecular formula is C14H17N5O2S. The molecule has 0 radical (unpaired) electrons. The Labute approximate surface area is 128 Å². The molecule has 0 saturated carbocycles. The summed E-state index contributed by atoms with van der Waals surface area (Å²) in [5, 5.41) is 6.60. The molecule has 0 unspecified atom stereocenters. The van der Waals surface area contributed by atoms with Gasteiger partial charge >= 0.3 is 0 Å². The summed E-state index contributed by atoms with van der Waals surface area (Å²) in [5.41, 5.74) is 2.83. The van der Waals surface area contributed by atoms with Crippen molar-refractivity contribution in [1.82, 2.24) is 24.9 Å². The summed E-state index contributed by atoms with van der Waals surface area (Å²) in [6.07, 6.45) is 0.490. The van der Waals surface area contributed by atoms with Gasteiger partial charge in [0, 0.05) is 13.0 Å². The predicted molar refractivity (Wildman–Crippen MR) is 83.0 cm³/mol. The van der Waals surface area contributed by atoms with Crippen molar-refractivity contribution < 1.29 is 8.42 Å². The maximum Gasteiger partial charge on any atom is 0.244 e. The van der Waals surface area contributed by atoms with Crippen molar-refractivity contribution in [3.05, 3.63) is 41.5 Å². The minimum atomic E-state index is -3.56. The van der Waals surface area contributed by atoms with Crippen molar-refractivity contribution in [3.63, 3.8) is 0 Å². The second-order valence-corrected chi connectivity index (χ2v) is 6.82. The second-order valence-electron chi connectivity index (χ2n) is 5.11. The average molecular weight is 319 g/mol. The highest BCUT2D eigenvalue weighted by molar-refractivity contribution is 7.89. The van der Waals surface area contributed by atoms with E-state index < -0.39 is 10.0 Å². The van der Waals surface area contributed by atoms with Gasteiger partial charge in [0.1, 0.15) is 10.7 Å². The standard InChI is InChI=1S/C14H17N5O2S/c1-9-14(10(2)19-18-9)22(20,21)15-8-7-13-16-11-5-3-4-6-12(11)17-13/h3-6,15H,7-8H2,1-2H3,(H,16,17)(H,18,19). The van der Waals surface area contributed by atoms with Gasteiger partial charge in [-0.25, -0.2) is 18.1 Å².